The molecule has 0 N–H and O–H groups in total. The van der Waals surface area contributed by atoms with Crippen LogP contribution < -0.4 is 4.74 Å². The molecule has 3 aromatic rings. The Morgan fingerprint density at radius 3 is 2.78 bits per heavy atom. The Morgan fingerprint density at radius 1 is 1.17 bits per heavy atom. The second-order valence-corrected chi connectivity index (χ2v) is 5.25. The minimum atomic E-state index is -0.332. The van der Waals surface area contributed by atoms with Crippen LogP contribution in [0.4, 0.5) is 4.39 Å². The van der Waals surface area contributed by atoms with Gasteiger partial charge in [-0.2, -0.15) is 5.26 Å². The summed E-state index contributed by atoms with van der Waals surface area (Å²) in [4.78, 5) is 4.10. The van der Waals surface area contributed by atoms with Crippen LogP contribution in [0.2, 0.25) is 0 Å². The molecular formula is C15H9FN4O2S. The Hall–Kier alpha value is -2.92. The Bertz CT molecular complexity index is 845. The molecule has 2 heterocycles. The van der Waals surface area contributed by atoms with Crippen LogP contribution in [0.1, 0.15) is 11.6 Å². The molecule has 23 heavy (non-hydrogen) atoms. The molecule has 0 spiro atoms. The van der Waals surface area contributed by atoms with Crippen molar-refractivity contribution in [3.63, 3.8) is 0 Å². The molecule has 6 nitrogen and oxygen atoms in total. The monoisotopic (exact) mass is 328 g/mol. The Morgan fingerprint density at radius 2 is 2.00 bits per heavy atom. The zero-order valence-electron chi connectivity index (χ0n) is 11.6. The molecule has 1 aromatic carbocycles. The molecule has 2 aromatic heterocycles. The van der Waals surface area contributed by atoms with Crippen LogP contribution in [0.3, 0.4) is 0 Å². The lowest BCUT2D eigenvalue weighted by atomic mass is 10.3. The van der Waals surface area contributed by atoms with Gasteiger partial charge >= 0.3 is 0 Å². The molecular weight excluding hydrogens is 319 g/mol. The smallest absolute Gasteiger partial charge is 0.283 e. The molecule has 114 valence electrons. The highest BCUT2D eigenvalue weighted by Gasteiger charge is 2.10. The first-order chi connectivity index (χ1) is 11.2. The van der Waals surface area contributed by atoms with Crippen molar-refractivity contribution in [2.45, 2.75) is 16.9 Å². The van der Waals surface area contributed by atoms with Gasteiger partial charge < -0.3 is 9.15 Å². The van der Waals surface area contributed by atoms with Gasteiger partial charge in [0, 0.05) is 0 Å². The molecule has 8 heteroatoms. The van der Waals surface area contributed by atoms with Gasteiger partial charge in [0.1, 0.15) is 28.4 Å². The van der Waals surface area contributed by atoms with Gasteiger partial charge in [-0.3, -0.25) is 0 Å². The second kappa shape index (κ2) is 6.89. The first-order valence-electron chi connectivity index (χ1n) is 6.49. The highest BCUT2D eigenvalue weighted by Crippen LogP contribution is 2.25. The van der Waals surface area contributed by atoms with Crippen molar-refractivity contribution in [1.29, 1.82) is 5.26 Å². The van der Waals surface area contributed by atoms with Crippen LogP contribution in [0.25, 0.3) is 0 Å². The number of ether oxygens (including phenoxy) is 1. The van der Waals surface area contributed by atoms with Crippen LogP contribution in [0.15, 0.2) is 57.1 Å². The van der Waals surface area contributed by atoms with E-state index in [1.54, 1.807) is 18.2 Å². The van der Waals surface area contributed by atoms with Crippen LogP contribution in [-0.2, 0) is 6.61 Å². The maximum Gasteiger partial charge on any atom is 0.283 e. The van der Waals surface area contributed by atoms with E-state index in [9.17, 15) is 4.39 Å². The first kappa shape index (κ1) is 15.0. The molecule has 0 aliphatic carbocycles. The number of nitriles is 1. The van der Waals surface area contributed by atoms with Crippen molar-refractivity contribution >= 4 is 11.8 Å². The Kier molecular flexibility index (Phi) is 4.49. The number of rotatable bonds is 5. The summed E-state index contributed by atoms with van der Waals surface area (Å²) in [6.45, 7) is 0.0743. The van der Waals surface area contributed by atoms with Gasteiger partial charge in [-0.1, -0.05) is 6.07 Å². The Labute approximate surface area is 134 Å². The number of nitrogens with zero attached hydrogens (tertiary/aromatic N) is 4. The lowest BCUT2D eigenvalue weighted by molar-refractivity contribution is 0.252. The summed E-state index contributed by atoms with van der Waals surface area (Å²) in [7, 11) is 0. The fourth-order valence-corrected chi connectivity index (χ4v) is 2.33. The van der Waals surface area contributed by atoms with Crippen molar-refractivity contribution in [2.24, 2.45) is 0 Å². The van der Waals surface area contributed by atoms with E-state index in [1.165, 1.54) is 24.3 Å². The number of hydrogen-bond acceptors (Lipinski definition) is 7. The van der Waals surface area contributed by atoms with E-state index < -0.39 is 0 Å². The van der Waals surface area contributed by atoms with Gasteiger partial charge in [0.25, 0.3) is 11.1 Å². The lowest BCUT2D eigenvalue weighted by Crippen LogP contribution is -1.95. The number of pyridine rings is 1. The summed E-state index contributed by atoms with van der Waals surface area (Å²) in [5.74, 6) is 0.455. The molecule has 0 saturated carbocycles. The zero-order chi connectivity index (χ0) is 16.1. The topological polar surface area (TPSA) is 84.8 Å². The highest BCUT2D eigenvalue weighted by molar-refractivity contribution is 7.99. The number of aromatic nitrogens is 3. The third kappa shape index (κ3) is 4.05. The van der Waals surface area contributed by atoms with Crippen molar-refractivity contribution in [1.82, 2.24) is 15.2 Å². The zero-order valence-corrected chi connectivity index (χ0v) is 12.5. The van der Waals surface area contributed by atoms with E-state index >= 15 is 0 Å². The van der Waals surface area contributed by atoms with Gasteiger partial charge in [-0.05, 0) is 48.2 Å². The normalized spacial score (nSPS) is 10.3. The van der Waals surface area contributed by atoms with Crippen LogP contribution in [-0.4, -0.2) is 15.2 Å². The predicted molar refractivity (Wildman–Crippen MR) is 78.1 cm³/mol. The molecule has 0 unspecified atom stereocenters. The van der Waals surface area contributed by atoms with Gasteiger partial charge in [0.05, 0.1) is 0 Å². The van der Waals surface area contributed by atoms with Crippen molar-refractivity contribution < 1.29 is 13.5 Å². The van der Waals surface area contributed by atoms with Gasteiger partial charge in [-0.25, -0.2) is 9.37 Å². The molecule has 0 amide bonds. The predicted octanol–water partition coefficient (Wildman–Crippen LogP) is 3.21. The molecule has 0 radical (unpaired) electrons. The summed E-state index contributed by atoms with van der Waals surface area (Å²) >= 11 is 1.15. The quantitative estimate of drug-likeness (QED) is 0.711. The van der Waals surface area contributed by atoms with E-state index in [4.69, 9.17) is 14.4 Å². The largest absolute Gasteiger partial charge is 0.484 e. The number of benzene rings is 1. The van der Waals surface area contributed by atoms with Crippen molar-refractivity contribution in [2.75, 3.05) is 0 Å². The first-order valence-corrected chi connectivity index (χ1v) is 7.30. The summed E-state index contributed by atoms with van der Waals surface area (Å²) in [6.07, 6.45) is 0. The van der Waals surface area contributed by atoms with E-state index in [-0.39, 0.29) is 18.3 Å². The van der Waals surface area contributed by atoms with E-state index in [0.717, 1.165) is 11.8 Å². The average Bonchev–Trinajstić information content (AvgIpc) is 3.02. The van der Waals surface area contributed by atoms with E-state index in [1.807, 2.05) is 6.07 Å². The molecule has 0 fully saturated rings. The minimum absolute atomic E-state index is 0.0743. The SMILES string of the molecule is N#Cc1cccc(Sc2nnc(COc3ccc(F)cc3)o2)n1. The third-order valence-corrected chi connectivity index (χ3v) is 3.43. The fourth-order valence-electron chi connectivity index (χ4n) is 1.64. The third-order valence-electron chi connectivity index (χ3n) is 2.65. The average molecular weight is 328 g/mol. The minimum Gasteiger partial charge on any atom is -0.484 e. The number of halogens is 1. The molecule has 0 saturated heterocycles. The van der Waals surface area contributed by atoms with Crippen molar-refractivity contribution in [3.8, 4) is 11.8 Å². The van der Waals surface area contributed by atoms with Crippen LogP contribution in [0.5, 0.6) is 5.75 Å². The van der Waals surface area contributed by atoms with Gasteiger partial charge in [0.2, 0.25) is 0 Å². The maximum absolute atomic E-state index is 12.8. The Balaban J connectivity index is 1.61. The van der Waals surface area contributed by atoms with Crippen LogP contribution >= 0.6 is 11.8 Å². The molecule has 0 aliphatic rings. The molecule has 0 aliphatic heterocycles. The van der Waals surface area contributed by atoms with E-state index in [0.29, 0.717) is 21.7 Å². The van der Waals surface area contributed by atoms with Crippen LogP contribution in [0, 0.1) is 17.1 Å². The molecule has 3 rings (SSSR count). The summed E-state index contributed by atoms with van der Waals surface area (Å²) in [5, 5.41) is 17.4. The van der Waals surface area contributed by atoms with Gasteiger partial charge in [0.15, 0.2) is 6.61 Å². The van der Waals surface area contributed by atoms with Crippen molar-refractivity contribution in [3.05, 3.63) is 59.9 Å². The summed E-state index contributed by atoms with van der Waals surface area (Å²) in [6, 6.07) is 12.7. The highest BCUT2D eigenvalue weighted by atomic mass is 32.2. The molecule has 0 atom stereocenters. The number of hydrogen-bond donors (Lipinski definition) is 0. The maximum atomic E-state index is 12.8. The van der Waals surface area contributed by atoms with Gasteiger partial charge in [-0.15, -0.1) is 10.2 Å². The second-order valence-electron chi connectivity index (χ2n) is 4.28. The molecule has 0 bridgehead atoms. The lowest BCUT2D eigenvalue weighted by Gasteiger charge is -2.02. The summed E-state index contributed by atoms with van der Waals surface area (Å²) < 4.78 is 23.6. The fraction of sp³-hybridized carbons (Fsp3) is 0.0667. The standard InChI is InChI=1S/C15H9FN4O2S/c16-10-4-6-12(7-5-10)21-9-13-19-20-15(22-13)23-14-3-1-2-11(8-17)18-14/h1-7H,9H2. The summed E-state index contributed by atoms with van der Waals surface area (Å²) in [5.41, 5.74) is 0.314. The van der Waals surface area contributed by atoms with E-state index in [2.05, 4.69) is 15.2 Å².